The van der Waals surface area contributed by atoms with E-state index in [1.807, 2.05) is 30.3 Å². The number of benzene rings is 3. The molecule has 0 aliphatic carbocycles. The highest BCUT2D eigenvalue weighted by molar-refractivity contribution is 7.80. The zero-order chi connectivity index (χ0) is 26.6. The Labute approximate surface area is 217 Å². The summed E-state index contributed by atoms with van der Waals surface area (Å²) in [6.07, 6.45) is -4.31. The third-order valence-electron chi connectivity index (χ3n) is 5.99. The predicted molar refractivity (Wildman–Crippen MR) is 138 cm³/mol. The lowest BCUT2D eigenvalue weighted by molar-refractivity contribution is -0.137. The van der Waals surface area contributed by atoms with Gasteiger partial charge in [-0.3, -0.25) is 14.5 Å². The fourth-order valence-electron chi connectivity index (χ4n) is 4.10. The average Bonchev–Trinajstić information content (AvgIpc) is 3.11. The molecular weight excluding hydrogens is 503 g/mol. The van der Waals surface area contributed by atoms with Crippen LogP contribution in [0.3, 0.4) is 0 Å². The molecule has 0 radical (unpaired) electrons. The van der Waals surface area contributed by atoms with Gasteiger partial charge in [-0.15, -0.1) is 0 Å². The van der Waals surface area contributed by atoms with E-state index in [2.05, 4.69) is 5.32 Å². The molecule has 0 aromatic heterocycles. The second-order valence-electron chi connectivity index (χ2n) is 8.43. The number of ether oxygens (including phenoxy) is 1. The van der Waals surface area contributed by atoms with Gasteiger partial charge in [-0.1, -0.05) is 36.4 Å². The molecule has 1 heterocycles. The first kappa shape index (κ1) is 26.2. The number of para-hydroxylation sites is 1. The van der Waals surface area contributed by atoms with Crippen LogP contribution in [0.15, 0.2) is 78.9 Å². The smallest absolute Gasteiger partial charge is 0.416 e. The number of alkyl halides is 3. The summed E-state index contributed by atoms with van der Waals surface area (Å²) in [6, 6.07) is 19.6. The molecule has 192 valence electrons. The van der Waals surface area contributed by atoms with Crippen molar-refractivity contribution in [2.24, 2.45) is 0 Å². The van der Waals surface area contributed by atoms with Crippen LogP contribution in [0.5, 0.6) is 5.75 Å². The lowest BCUT2D eigenvalue weighted by Crippen LogP contribution is -2.39. The highest BCUT2D eigenvalue weighted by Gasteiger charge is 2.44. The van der Waals surface area contributed by atoms with E-state index >= 15 is 0 Å². The topological polar surface area (TPSA) is 61.9 Å². The second-order valence-corrected chi connectivity index (χ2v) is 8.80. The van der Waals surface area contributed by atoms with Crippen molar-refractivity contribution in [3.63, 3.8) is 0 Å². The summed E-state index contributed by atoms with van der Waals surface area (Å²) < 4.78 is 45.2. The maximum absolute atomic E-state index is 13.5. The van der Waals surface area contributed by atoms with Crippen molar-refractivity contribution < 1.29 is 27.5 Å². The number of carbonyl (C=O) groups is 2. The van der Waals surface area contributed by atoms with Crippen LogP contribution in [-0.4, -0.2) is 41.5 Å². The third-order valence-corrected chi connectivity index (χ3v) is 6.40. The predicted octanol–water partition coefficient (Wildman–Crippen LogP) is 5.29. The van der Waals surface area contributed by atoms with Crippen LogP contribution in [0.1, 0.15) is 17.5 Å². The van der Waals surface area contributed by atoms with E-state index in [1.165, 1.54) is 12.1 Å². The van der Waals surface area contributed by atoms with Gasteiger partial charge in [0, 0.05) is 12.2 Å². The maximum Gasteiger partial charge on any atom is 0.416 e. The Morgan fingerprint density at radius 2 is 1.73 bits per heavy atom. The summed E-state index contributed by atoms with van der Waals surface area (Å²) in [7, 11) is 1.57. The molecule has 1 unspecified atom stereocenters. The summed E-state index contributed by atoms with van der Waals surface area (Å²) in [5, 5.41) is 2.80. The van der Waals surface area contributed by atoms with Crippen LogP contribution in [-0.2, 0) is 22.2 Å². The van der Waals surface area contributed by atoms with Crippen LogP contribution < -0.4 is 15.0 Å². The number of amides is 2. The number of anilines is 2. The largest absolute Gasteiger partial charge is 0.497 e. The van der Waals surface area contributed by atoms with Crippen molar-refractivity contribution in [3.8, 4) is 5.75 Å². The van der Waals surface area contributed by atoms with Crippen molar-refractivity contribution in [2.45, 2.75) is 25.1 Å². The van der Waals surface area contributed by atoms with Crippen LogP contribution >= 0.6 is 12.2 Å². The third kappa shape index (κ3) is 6.08. The minimum atomic E-state index is -4.58. The van der Waals surface area contributed by atoms with E-state index in [1.54, 1.807) is 36.3 Å². The lowest BCUT2D eigenvalue weighted by Gasteiger charge is -2.24. The summed E-state index contributed by atoms with van der Waals surface area (Å²) >= 11 is 5.57. The van der Waals surface area contributed by atoms with Gasteiger partial charge in [0.15, 0.2) is 5.11 Å². The lowest BCUT2D eigenvalue weighted by atomic mass is 10.1. The summed E-state index contributed by atoms with van der Waals surface area (Å²) in [5.41, 5.74) is 0.627. The Hall–Kier alpha value is -3.92. The number of rotatable bonds is 8. The van der Waals surface area contributed by atoms with Crippen LogP contribution in [0.4, 0.5) is 24.5 Å². The van der Waals surface area contributed by atoms with Crippen LogP contribution in [0, 0.1) is 0 Å². The van der Waals surface area contributed by atoms with E-state index in [0.29, 0.717) is 17.9 Å². The van der Waals surface area contributed by atoms with Gasteiger partial charge in [-0.05, 0) is 66.7 Å². The Balaban J connectivity index is 1.59. The first-order valence-electron chi connectivity index (χ1n) is 11.5. The summed E-state index contributed by atoms with van der Waals surface area (Å²) in [4.78, 5) is 29.0. The van der Waals surface area contributed by atoms with Crippen LogP contribution in [0.25, 0.3) is 0 Å². The minimum Gasteiger partial charge on any atom is -0.497 e. The number of methoxy groups -OCH3 is 1. The van der Waals surface area contributed by atoms with Gasteiger partial charge < -0.3 is 15.0 Å². The number of carbonyl (C=O) groups excluding carboxylic acids is 2. The number of nitrogens with one attached hydrogen (secondary N) is 1. The van der Waals surface area contributed by atoms with Gasteiger partial charge in [-0.2, -0.15) is 13.2 Å². The molecular formula is C27H24F3N3O3S. The molecule has 10 heteroatoms. The first-order valence-corrected chi connectivity index (χ1v) is 11.9. The van der Waals surface area contributed by atoms with E-state index in [-0.39, 0.29) is 23.8 Å². The molecule has 3 aromatic rings. The molecule has 0 spiro atoms. The molecule has 0 saturated carbocycles. The zero-order valence-electron chi connectivity index (χ0n) is 19.9. The number of nitrogens with zero attached hydrogens (tertiary/aromatic N) is 2. The molecule has 1 aliphatic rings. The Bertz CT molecular complexity index is 1280. The second kappa shape index (κ2) is 11.0. The molecule has 37 heavy (non-hydrogen) atoms. The Morgan fingerprint density at radius 3 is 2.38 bits per heavy atom. The van der Waals surface area contributed by atoms with Gasteiger partial charge in [-0.25, -0.2) is 0 Å². The van der Waals surface area contributed by atoms with Crippen molar-refractivity contribution in [1.29, 1.82) is 0 Å². The molecule has 1 fully saturated rings. The highest BCUT2D eigenvalue weighted by Crippen LogP contribution is 2.34. The van der Waals surface area contributed by atoms with E-state index in [4.69, 9.17) is 17.0 Å². The normalized spacial score (nSPS) is 15.7. The quantitative estimate of drug-likeness (QED) is 0.404. The standard InChI is InChI=1S/C27H24F3N3O3S/c1-36-22-12-10-18(11-13-22)14-15-32-23(17-24(34)31-20-7-3-2-4-8-20)25(35)33(26(32)37)21-9-5-6-19(16-21)27(28,29)30/h2-13,16,23H,14-15,17H2,1H3,(H,31,34). The molecule has 6 nitrogen and oxygen atoms in total. The van der Waals surface area contributed by atoms with E-state index < -0.39 is 29.6 Å². The van der Waals surface area contributed by atoms with Gasteiger partial charge in [0.25, 0.3) is 5.91 Å². The summed E-state index contributed by atoms with van der Waals surface area (Å²) in [6.45, 7) is 0.287. The number of hydrogen-bond acceptors (Lipinski definition) is 4. The maximum atomic E-state index is 13.5. The number of thiocarbonyl (C=S) groups is 1. The molecule has 4 rings (SSSR count). The molecule has 1 aliphatic heterocycles. The van der Waals surface area contributed by atoms with Gasteiger partial charge in [0.05, 0.1) is 24.8 Å². The SMILES string of the molecule is COc1ccc(CCN2C(=S)N(c3cccc(C(F)(F)F)c3)C(=O)C2CC(=O)Nc2ccccc2)cc1. The Kier molecular flexibility index (Phi) is 7.77. The van der Waals surface area contributed by atoms with E-state index in [0.717, 1.165) is 22.6 Å². The monoisotopic (exact) mass is 527 g/mol. The van der Waals surface area contributed by atoms with Crippen LogP contribution in [0.2, 0.25) is 0 Å². The van der Waals surface area contributed by atoms with Gasteiger partial charge in [0.2, 0.25) is 5.91 Å². The van der Waals surface area contributed by atoms with Crippen molar-refractivity contribution in [1.82, 2.24) is 4.90 Å². The fraction of sp³-hybridized carbons (Fsp3) is 0.222. The highest BCUT2D eigenvalue weighted by atomic mass is 32.1. The van der Waals surface area contributed by atoms with Crippen molar-refractivity contribution in [3.05, 3.63) is 90.0 Å². The van der Waals surface area contributed by atoms with Gasteiger partial charge in [0.1, 0.15) is 11.8 Å². The molecule has 3 aromatic carbocycles. The average molecular weight is 528 g/mol. The Morgan fingerprint density at radius 1 is 1.03 bits per heavy atom. The zero-order valence-corrected chi connectivity index (χ0v) is 20.7. The van der Waals surface area contributed by atoms with Crippen molar-refractivity contribution in [2.75, 3.05) is 23.9 Å². The molecule has 1 atom stereocenters. The first-order chi connectivity index (χ1) is 17.7. The van der Waals surface area contributed by atoms with E-state index in [9.17, 15) is 22.8 Å². The number of hydrogen-bond donors (Lipinski definition) is 1. The minimum absolute atomic E-state index is 0.00485. The fourth-order valence-corrected chi connectivity index (χ4v) is 4.51. The molecule has 2 amide bonds. The number of halogens is 3. The molecule has 1 N–H and O–H groups in total. The van der Waals surface area contributed by atoms with Crippen molar-refractivity contribution >= 4 is 40.5 Å². The molecule has 0 bridgehead atoms. The summed E-state index contributed by atoms with van der Waals surface area (Å²) in [5.74, 6) is -0.267. The van der Waals surface area contributed by atoms with Gasteiger partial charge >= 0.3 is 6.18 Å². The molecule has 1 saturated heterocycles.